The Labute approximate surface area is 298 Å². The van der Waals surface area contributed by atoms with Crippen LogP contribution in [-0.2, 0) is 31.1 Å². The van der Waals surface area contributed by atoms with Crippen molar-refractivity contribution in [2.75, 3.05) is 7.11 Å². The molecule has 4 aromatic carbocycles. The molecule has 6 atom stereocenters. The lowest BCUT2D eigenvalue weighted by molar-refractivity contribution is -0.141. The van der Waals surface area contributed by atoms with Gasteiger partial charge in [0.05, 0.1) is 35.4 Å². The number of imide groups is 1. The molecule has 0 bridgehead atoms. The molecule has 8 heteroatoms. The second-order valence-corrected chi connectivity index (χ2v) is 14.4. The second-order valence-electron chi connectivity index (χ2n) is 13.6. The quantitative estimate of drug-likeness (QED) is 0.167. The fourth-order valence-electron chi connectivity index (χ4n) is 9.15. The molecule has 2 amide bonds. The minimum Gasteiger partial charge on any atom is -0.503 e. The summed E-state index contributed by atoms with van der Waals surface area (Å²) >= 11 is 3.50. The average Bonchev–Trinajstić information content (AvgIpc) is 3.39. The molecule has 50 heavy (non-hydrogen) atoms. The summed E-state index contributed by atoms with van der Waals surface area (Å²) < 4.78 is 5.97. The number of ether oxygens (including phenoxy) is 1. The van der Waals surface area contributed by atoms with E-state index in [9.17, 15) is 14.7 Å². The first kappa shape index (κ1) is 32.1. The summed E-state index contributed by atoms with van der Waals surface area (Å²) in [5, 5.41) is 10.9. The molecule has 1 heterocycles. The number of hydrogen-bond donors (Lipinski definition) is 1. The van der Waals surface area contributed by atoms with Gasteiger partial charge in [0.2, 0.25) is 11.8 Å². The number of hydrogen-bond acceptors (Lipinski definition) is 6. The van der Waals surface area contributed by atoms with Gasteiger partial charge in [-0.15, -0.1) is 0 Å². The highest BCUT2D eigenvalue weighted by atomic mass is 79.9. The fourth-order valence-corrected chi connectivity index (χ4v) is 9.61. The van der Waals surface area contributed by atoms with E-state index in [2.05, 4.69) is 15.9 Å². The number of likely N-dealkylation sites (tertiary alicyclic amines) is 1. The number of methoxy groups -OCH3 is 1. The number of ketones is 2. The van der Waals surface area contributed by atoms with Gasteiger partial charge in [-0.05, 0) is 75.2 Å². The van der Waals surface area contributed by atoms with E-state index in [1.807, 2.05) is 97.1 Å². The van der Waals surface area contributed by atoms with E-state index in [0.717, 1.165) is 11.1 Å². The van der Waals surface area contributed by atoms with Gasteiger partial charge in [-0.2, -0.15) is 0 Å². The number of amides is 2. The lowest BCUT2D eigenvalue weighted by Crippen LogP contribution is -2.58. The Morgan fingerprint density at radius 2 is 1.52 bits per heavy atom. The van der Waals surface area contributed by atoms with Crippen molar-refractivity contribution in [3.63, 3.8) is 0 Å². The first-order chi connectivity index (χ1) is 24.2. The van der Waals surface area contributed by atoms with Crippen molar-refractivity contribution in [2.24, 2.45) is 23.7 Å². The summed E-state index contributed by atoms with van der Waals surface area (Å²) in [5.74, 6) is -4.01. The van der Waals surface area contributed by atoms with Crippen LogP contribution in [-0.4, -0.2) is 40.5 Å². The van der Waals surface area contributed by atoms with E-state index >= 15 is 9.59 Å². The summed E-state index contributed by atoms with van der Waals surface area (Å²) in [4.78, 5) is 60.0. The minimum atomic E-state index is -1.37. The molecule has 1 aliphatic heterocycles. The van der Waals surface area contributed by atoms with Crippen LogP contribution in [0.4, 0.5) is 0 Å². The fraction of sp³-hybridized carbons (Fsp3) is 0.238. The molecule has 2 fully saturated rings. The van der Waals surface area contributed by atoms with Crippen LogP contribution < -0.4 is 4.74 Å². The number of aromatic hydroxyl groups is 1. The zero-order valence-electron chi connectivity index (χ0n) is 27.3. The van der Waals surface area contributed by atoms with Crippen LogP contribution in [0.15, 0.2) is 125 Å². The van der Waals surface area contributed by atoms with E-state index < -0.39 is 35.0 Å². The van der Waals surface area contributed by atoms with Gasteiger partial charge in [0, 0.05) is 17.4 Å². The lowest BCUT2D eigenvalue weighted by atomic mass is 9.44. The number of phenols is 1. The van der Waals surface area contributed by atoms with Gasteiger partial charge in [-0.25, -0.2) is 0 Å². The molecular weight excluding hydrogens is 694 g/mol. The Hall–Kier alpha value is -5.08. The Balaban J connectivity index is 1.36. The van der Waals surface area contributed by atoms with E-state index in [-0.39, 0.29) is 47.8 Å². The largest absolute Gasteiger partial charge is 0.503 e. The Kier molecular flexibility index (Phi) is 7.94. The van der Waals surface area contributed by atoms with Crippen LogP contribution in [0, 0.1) is 23.7 Å². The Morgan fingerprint density at radius 1 is 0.860 bits per heavy atom. The number of carbonyl (C=O) groups is 4. The highest BCUT2D eigenvalue weighted by molar-refractivity contribution is 9.10. The number of nitrogens with zero attached hydrogens (tertiary/aromatic N) is 1. The molecule has 4 aliphatic rings. The van der Waals surface area contributed by atoms with Crippen molar-refractivity contribution in [3.8, 4) is 11.5 Å². The monoisotopic (exact) mass is 727 g/mol. The summed E-state index contributed by atoms with van der Waals surface area (Å²) in [6.07, 6.45) is 4.10. The number of halogens is 1. The SMILES string of the molecule is COc1cc(C2C3=CCC4C(=O)N(Cc5ccccc5)C(=O)C4C3CC3C(=O)C(c4ccccc4)=CC(=O)C32c2ccccc2)cc(Br)c1O. The molecule has 1 N–H and O–H groups in total. The molecule has 0 spiro atoms. The van der Waals surface area contributed by atoms with Crippen molar-refractivity contribution >= 4 is 44.9 Å². The van der Waals surface area contributed by atoms with Gasteiger partial charge in [0.1, 0.15) is 0 Å². The molecule has 1 saturated carbocycles. The molecule has 1 saturated heterocycles. The predicted molar refractivity (Wildman–Crippen MR) is 191 cm³/mol. The van der Waals surface area contributed by atoms with E-state index in [4.69, 9.17) is 4.74 Å². The van der Waals surface area contributed by atoms with E-state index in [1.54, 1.807) is 12.1 Å². The first-order valence-corrected chi connectivity index (χ1v) is 17.6. The van der Waals surface area contributed by atoms with Gasteiger partial charge in [0.25, 0.3) is 0 Å². The van der Waals surface area contributed by atoms with Crippen LogP contribution in [0.5, 0.6) is 11.5 Å². The van der Waals surface area contributed by atoms with Crippen LogP contribution in [0.1, 0.15) is 41.0 Å². The zero-order chi connectivity index (χ0) is 34.7. The lowest BCUT2D eigenvalue weighted by Gasteiger charge is -2.55. The highest BCUT2D eigenvalue weighted by Gasteiger charge is 2.66. The normalized spacial score (nSPS) is 27.2. The Morgan fingerprint density at radius 3 is 2.20 bits per heavy atom. The molecule has 7 nitrogen and oxygen atoms in total. The molecule has 4 aromatic rings. The average molecular weight is 729 g/mol. The summed E-state index contributed by atoms with van der Waals surface area (Å²) in [6.45, 7) is 0.175. The number of benzene rings is 4. The number of allylic oxidation sites excluding steroid dienone is 4. The molecule has 3 aliphatic carbocycles. The number of rotatable bonds is 6. The zero-order valence-corrected chi connectivity index (χ0v) is 28.9. The maximum atomic E-state index is 15.2. The molecule has 8 rings (SSSR count). The van der Waals surface area contributed by atoms with Crippen LogP contribution in [0.25, 0.3) is 5.57 Å². The molecule has 0 radical (unpaired) electrons. The number of Topliss-reactive ketones (excluding diaryl/α,β-unsaturated/α-hetero) is 1. The van der Waals surface area contributed by atoms with Crippen molar-refractivity contribution in [3.05, 3.63) is 148 Å². The third kappa shape index (κ3) is 4.76. The van der Waals surface area contributed by atoms with Crippen LogP contribution in [0.3, 0.4) is 0 Å². The first-order valence-electron chi connectivity index (χ1n) is 16.8. The molecule has 0 aromatic heterocycles. The minimum absolute atomic E-state index is 0.0861. The topological polar surface area (TPSA) is 101 Å². The van der Waals surface area contributed by atoms with Gasteiger partial charge >= 0.3 is 0 Å². The summed E-state index contributed by atoms with van der Waals surface area (Å²) in [6, 6.07) is 31.6. The number of carbonyl (C=O) groups excluding carboxylic acids is 4. The van der Waals surface area contributed by atoms with Crippen molar-refractivity contribution < 1.29 is 29.0 Å². The maximum Gasteiger partial charge on any atom is 0.234 e. The van der Waals surface area contributed by atoms with Crippen molar-refractivity contribution in [1.82, 2.24) is 4.90 Å². The summed E-state index contributed by atoms with van der Waals surface area (Å²) in [7, 11) is 1.46. The van der Waals surface area contributed by atoms with Gasteiger partial charge in [-0.3, -0.25) is 24.1 Å². The van der Waals surface area contributed by atoms with Crippen molar-refractivity contribution in [2.45, 2.75) is 30.7 Å². The van der Waals surface area contributed by atoms with Gasteiger partial charge in [-0.1, -0.05) is 103 Å². The van der Waals surface area contributed by atoms with Crippen LogP contribution >= 0.6 is 15.9 Å². The van der Waals surface area contributed by atoms with E-state index in [1.165, 1.54) is 18.1 Å². The Bertz CT molecular complexity index is 2110. The molecule has 250 valence electrons. The standard InChI is InChI=1S/C42H34BrNO6/c1-50-34-20-26(19-33(43)39(34)47)37-28-17-18-29-36(41(49)44(40(29)48)23-24-11-5-2-6-12-24)31(28)21-32-38(46)30(25-13-7-3-8-14-25)22-35(45)42(32,37)27-15-9-4-10-16-27/h2-17,19-20,22,29,31-32,36-37,47H,18,21,23H2,1H3. The van der Waals surface area contributed by atoms with Crippen LogP contribution in [0.2, 0.25) is 0 Å². The predicted octanol–water partition coefficient (Wildman–Crippen LogP) is 7.19. The van der Waals surface area contributed by atoms with Crippen molar-refractivity contribution in [1.29, 1.82) is 0 Å². The molecular formula is C42H34BrNO6. The number of phenolic OH excluding ortho intramolecular Hbond substituents is 1. The maximum absolute atomic E-state index is 15.2. The second kappa shape index (κ2) is 12.4. The highest BCUT2D eigenvalue weighted by Crippen LogP contribution is 2.64. The van der Waals surface area contributed by atoms with Gasteiger partial charge < -0.3 is 9.84 Å². The third-order valence-electron chi connectivity index (χ3n) is 11.3. The smallest absolute Gasteiger partial charge is 0.234 e. The third-order valence-corrected chi connectivity index (χ3v) is 11.9. The van der Waals surface area contributed by atoms with Gasteiger partial charge in [0.15, 0.2) is 23.1 Å². The number of fused-ring (bicyclic) bond motifs is 4. The molecule has 6 unspecified atom stereocenters. The van der Waals surface area contributed by atoms with E-state index in [0.29, 0.717) is 33.2 Å². The summed E-state index contributed by atoms with van der Waals surface area (Å²) in [5.41, 5.74) is 2.69.